The normalized spacial score (nSPS) is 23.9. The van der Waals surface area contributed by atoms with Crippen molar-refractivity contribution < 1.29 is 14.5 Å². The number of likely N-dealkylation sites (N-methyl/N-ethyl adjacent to an activating group) is 1. The minimum absolute atomic E-state index is 0.829. The van der Waals surface area contributed by atoms with E-state index in [0.717, 1.165) is 18.9 Å². The zero-order chi connectivity index (χ0) is 13.0. The number of aryl methyl sites for hydroxylation is 1. The molecule has 0 atom stereocenters. The number of hydrogen-bond acceptors (Lipinski definition) is 1. The SMILES string of the molecule is Cc1cc(I)ccc1OCC[NH+]1CC[NH+](C)CC1. The second-order valence-corrected chi connectivity index (χ2v) is 6.46. The van der Waals surface area contributed by atoms with E-state index in [-0.39, 0.29) is 0 Å². The van der Waals surface area contributed by atoms with E-state index >= 15 is 0 Å². The van der Waals surface area contributed by atoms with Gasteiger partial charge >= 0.3 is 0 Å². The molecule has 0 radical (unpaired) electrons. The van der Waals surface area contributed by atoms with Crippen molar-refractivity contribution in [2.75, 3.05) is 46.4 Å². The molecule has 0 saturated carbocycles. The molecule has 1 fully saturated rings. The Morgan fingerprint density at radius 2 is 1.94 bits per heavy atom. The van der Waals surface area contributed by atoms with E-state index in [9.17, 15) is 0 Å². The Bertz CT molecular complexity index is 389. The Kier molecular flexibility index (Phi) is 5.26. The third kappa shape index (κ3) is 4.10. The molecule has 2 N–H and O–H groups in total. The van der Waals surface area contributed by atoms with Crippen molar-refractivity contribution in [3.8, 4) is 5.75 Å². The number of quaternary nitrogens is 2. The number of benzene rings is 1. The summed E-state index contributed by atoms with van der Waals surface area (Å²) >= 11 is 2.33. The fraction of sp³-hybridized carbons (Fsp3) is 0.571. The van der Waals surface area contributed by atoms with Crippen LogP contribution in [-0.4, -0.2) is 46.4 Å². The van der Waals surface area contributed by atoms with Gasteiger partial charge in [0.2, 0.25) is 0 Å². The Morgan fingerprint density at radius 3 is 2.61 bits per heavy atom. The van der Waals surface area contributed by atoms with Crippen LogP contribution < -0.4 is 14.5 Å². The highest BCUT2D eigenvalue weighted by molar-refractivity contribution is 14.1. The van der Waals surface area contributed by atoms with Crippen molar-refractivity contribution in [1.29, 1.82) is 0 Å². The first-order valence-corrected chi connectivity index (χ1v) is 7.77. The average molecular weight is 362 g/mol. The molecule has 1 aliphatic heterocycles. The molecule has 100 valence electrons. The lowest BCUT2D eigenvalue weighted by atomic mass is 10.2. The summed E-state index contributed by atoms with van der Waals surface area (Å²) in [6.45, 7) is 9.20. The van der Waals surface area contributed by atoms with E-state index in [1.54, 1.807) is 9.80 Å². The van der Waals surface area contributed by atoms with Gasteiger partial charge < -0.3 is 14.5 Å². The summed E-state index contributed by atoms with van der Waals surface area (Å²) in [7, 11) is 2.28. The van der Waals surface area contributed by atoms with Gasteiger partial charge in [0.25, 0.3) is 0 Å². The lowest BCUT2D eigenvalue weighted by molar-refractivity contribution is -1.00. The van der Waals surface area contributed by atoms with E-state index in [4.69, 9.17) is 4.74 Å². The molecule has 1 aromatic carbocycles. The minimum atomic E-state index is 0.829. The van der Waals surface area contributed by atoms with Crippen LogP contribution in [0.1, 0.15) is 5.56 Å². The highest BCUT2D eigenvalue weighted by Crippen LogP contribution is 2.19. The van der Waals surface area contributed by atoms with Crippen molar-refractivity contribution in [2.24, 2.45) is 0 Å². The Morgan fingerprint density at radius 1 is 1.22 bits per heavy atom. The molecular weight excluding hydrogens is 339 g/mol. The van der Waals surface area contributed by atoms with E-state index < -0.39 is 0 Å². The third-order valence-electron chi connectivity index (χ3n) is 3.66. The van der Waals surface area contributed by atoms with Crippen LogP contribution in [0.2, 0.25) is 0 Å². The highest BCUT2D eigenvalue weighted by Gasteiger charge is 2.19. The minimum Gasteiger partial charge on any atom is -0.487 e. The summed E-state index contributed by atoms with van der Waals surface area (Å²) in [5, 5.41) is 0. The Labute approximate surface area is 123 Å². The van der Waals surface area contributed by atoms with E-state index in [0.29, 0.717) is 0 Å². The lowest BCUT2D eigenvalue weighted by Crippen LogP contribution is -3.27. The van der Waals surface area contributed by atoms with Gasteiger partial charge in [0, 0.05) is 3.57 Å². The molecule has 0 aliphatic carbocycles. The highest BCUT2D eigenvalue weighted by atomic mass is 127. The van der Waals surface area contributed by atoms with Gasteiger partial charge in [0.15, 0.2) is 0 Å². The van der Waals surface area contributed by atoms with Gasteiger partial charge in [0.1, 0.15) is 45.1 Å². The molecule has 1 heterocycles. The summed E-state index contributed by atoms with van der Waals surface area (Å²) in [6, 6.07) is 6.36. The average Bonchev–Trinajstić information content (AvgIpc) is 2.34. The molecule has 2 rings (SSSR count). The topological polar surface area (TPSA) is 18.1 Å². The van der Waals surface area contributed by atoms with Crippen LogP contribution in [-0.2, 0) is 0 Å². The number of piperazine rings is 1. The van der Waals surface area contributed by atoms with Crippen molar-refractivity contribution in [3.63, 3.8) is 0 Å². The smallest absolute Gasteiger partial charge is 0.137 e. The number of halogens is 1. The van der Waals surface area contributed by atoms with E-state index in [1.165, 1.54) is 35.3 Å². The molecule has 1 aliphatic rings. The van der Waals surface area contributed by atoms with Gasteiger partial charge in [-0.25, -0.2) is 0 Å². The van der Waals surface area contributed by atoms with Crippen LogP contribution in [0, 0.1) is 10.5 Å². The summed E-state index contributed by atoms with van der Waals surface area (Å²) in [5.41, 5.74) is 1.24. The molecule has 0 unspecified atom stereocenters. The van der Waals surface area contributed by atoms with Crippen molar-refractivity contribution in [1.82, 2.24) is 0 Å². The van der Waals surface area contributed by atoms with Crippen molar-refractivity contribution >= 4 is 22.6 Å². The second-order valence-electron chi connectivity index (χ2n) is 5.22. The van der Waals surface area contributed by atoms with Crippen LogP contribution in [0.3, 0.4) is 0 Å². The first kappa shape index (κ1) is 14.1. The van der Waals surface area contributed by atoms with Crippen LogP contribution in [0.15, 0.2) is 18.2 Å². The van der Waals surface area contributed by atoms with Crippen molar-refractivity contribution in [2.45, 2.75) is 6.92 Å². The fourth-order valence-corrected chi connectivity index (χ4v) is 3.01. The number of ether oxygens (including phenoxy) is 1. The summed E-state index contributed by atoms with van der Waals surface area (Å²) < 4.78 is 7.16. The number of nitrogens with one attached hydrogen (secondary N) is 2. The molecular formula is C14H23IN2O+2. The zero-order valence-electron chi connectivity index (χ0n) is 11.3. The predicted molar refractivity (Wildman–Crippen MR) is 81.6 cm³/mol. The predicted octanol–water partition coefficient (Wildman–Crippen LogP) is -0.608. The molecule has 4 heteroatoms. The molecule has 0 amide bonds. The lowest BCUT2D eigenvalue weighted by Gasteiger charge is -2.27. The first-order chi connectivity index (χ1) is 8.65. The van der Waals surface area contributed by atoms with Gasteiger partial charge in [0.05, 0.1) is 7.05 Å². The largest absolute Gasteiger partial charge is 0.487 e. The molecule has 0 aromatic heterocycles. The third-order valence-corrected chi connectivity index (χ3v) is 4.33. The monoisotopic (exact) mass is 362 g/mol. The summed E-state index contributed by atoms with van der Waals surface area (Å²) in [5.74, 6) is 1.04. The maximum Gasteiger partial charge on any atom is 0.137 e. The summed E-state index contributed by atoms with van der Waals surface area (Å²) in [4.78, 5) is 3.34. The number of hydrogen-bond donors (Lipinski definition) is 2. The quantitative estimate of drug-likeness (QED) is 0.685. The molecule has 0 bridgehead atoms. The van der Waals surface area contributed by atoms with Gasteiger partial charge in [-0.3, -0.25) is 0 Å². The maximum absolute atomic E-state index is 5.89. The zero-order valence-corrected chi connectivity index (χ0v) is 13.4. The Hall–Kier alpha value is -0.330. The Balaban J connectivity index is 1.75. The molecule has 1 aromatic rings. The maximum atomic E-state index is 5.89. The summed E-state index contributed by atoms with van der Waals surface area (Å²) in [6.07, 6.45) is 0. The molecule has 3 nitrogen and oxygen atoms in total. The van der Waals surface area contributed by atoms with Gasteiger partial charge in [-0.05, 0) is 53.3 Å². The first-order valence-electron chi connectivity index (χ1n) is 6.69. The van der Waals surface area contributed by atoms with Crippen LogP contribution in [0.5, 0.6) is 5.75 Å². The molecule has 18 heavy (non-hydrogen) atoms. The molecule has 0 spiro atoms. The van der Waals surface area contributed by atoms with Crippen molar-refractivity contribution in [3.05, 3.63) is 27.3 Å². The van der Waals surface area contributed by atoms with Gasteiger partial charge in [-0.2, -0.15) is 0 Å². The van der Waals surface area contributed by atoms with Gasteiger partial charge in [-0.15, -0.1) is 0 Å². The fourth-order valence-electron chi connectivity index (χ4n) is 2.36. The number of rotatable bonds is 4. The van der Waals surface area contributed by atoms with Crippen LogP contribution in [0.25, 0.3) is 0 Å². The van der Waals surface area contributed by atoms with Crippen LogP contribution >= 0.6 is 22.6 Å². The van der Waals surface area contributed by atoms with Crippen LogP contribution in [0.4, 0.5) is 0 Å². The van der Waals surface area contributed by atoms with E-state index in [2.05, 4.69) is 54.8 Å². The second kappa shape index (κ2) is 6.73. The molecule has 1 saturated heterocycles. The van der Waals surface area contributed by atoms with E-state index in [1.807, 2.05) is 0 Å². The standard InChI is InChI=1S/C14H21IN2O/c1-12-11-13(15)3-4-14(12)18-10-9-17-7-5-16(2)6-8-17/h3-4,11H,5-10H2,1-2H3/p+2. The van der Waals surface area contributed by atoms with Gasteiger partial charge in [-0.1, -0.05) is 0 Å².